The molecule has 1 atom stereocenters. The van der Waals surface area contributed by atoms with E-state index in [2.05, 4.69) is 51.6 Å². The Morgan fingerprint density at radius 3 is 2.90 bits per heavy atom. The van der Waals surface area contributed by atoms with Crippen molar-refractivity contribution in [3.63, 3.8) is 0 Å². The number of hydrogen-bond acceptors (Lipinski definition) is 3. The maximum absolute atomic E-state index is 5.96. The SMILES string of the molecule is Cc1cc(NC2CCN(Cc3ccccc3)C2)cnc1Cl. The Labute approximate surface area is 131 Å². The molecule has 1 aromatic carbocycles. The second-order valence-corrected chi connectivity index (χ2v) is 6.04. The predicted molar refractivity (Wildman–Crippen MR) is 87.7 cm³/mol. The zero-order valence-electron chi connectivity index (χ0n) is 12.2. The van der Waals surface area contributed by atoms with E-state index in [1.807, 2.05) is 13.1 Å². The Bertz CT molecular complexity index is 600. The average Bonchev–Trinajstić information content (AvgIpc) is 2.91. The highest BCUT2D eigenvalue weighted by molar-refractivity contribution is 6.30. The first-order chi connectivity index (χ1) is 10.2. The van der Waals surface area contributed by atoms with Crippen LogP contribution < -0.4 is 5.32 Å². The first-order valence-electron chi connectivity index (χ1n) is 7.35. The molecule has 1 aliphatic heterocycles. The number of aromatic nitrogens is 1. The Morgan fingerprint density at radius 2 is 2.14 bits per heavy atom. The van der Waals surface area contributed by atoms with Crippen molar-refractivity contribution >= 4 is 17.3 Å². The van der Waals surface area contributed by atoms with Crippen LogP contribution in [-0.2, 0) is 6.54 Å². The molecule has 3 rings (SSSR count). The third-order valence-corrected chi connectivity index (χ3v) is 4.30. The number of benzene rings is 1. The summed E-state index contributed by atoms with van der Waals surface area (Å²) in [5.74, 6) is 0. The molecule has 21 heavy (non-hydrogen) atoms. The van der Waals surface area contributed by atoms with Gasteiger partial charge in [-0.05, 0) is 30.5 Å². The summed E-state index contributed by atoms with van der Waals surface area (Å²) >= 11 is 5.96. The molecule has 0 aliphatic carbocycles. The highest BCUT2D eigenvalue weighted by Crippen LogP contribution is 2.20. The van der Waals surface area contributed by atoms with E-state index >= 15 is 0 Å². The van der Waals surface area contributed by atoms with Gasteiger partial charge in [0.1, 0.15) is 5.15 Å². The fourth-order valence-corrected chi connectivity index (χ4v) is 2.91. The molecule has 3 nitrogen and oxygen atoms in total. The topological polar surface area (TPSA) is 28.2 Å². The number of aryl methyl sites for hydroxylation is 1. The summed E-state index contributed by atoms with van der Waals surface area (Å²) in [4.78, 5) is 6.69. The molecular formula is C17H20ClN3. The number of anilines is 1. The van der Waals surface area contributed by atoms with Gasteiger partial charge in [-0.1, -0.05) is 41.9 Å². The summed E-state index contributed by atoms with van der Waals surface area (Å²) in [7, 11) is 0. The van der Waals surface area contributed by atoms with Crippen molar-refractivity contribution < 1.29 is 0 Å². The van der Waals surface area contributed by atoms with Gasteiger partial charge in [-0.15, -0.1) is 0 Å². The third-order valence-electron chi connectivity index (χ3n) is 3.91. The Balaban J connectivity index is 1.56. The monoisotopic (exact) mass is 301 g/mol. The average molecular weight is 302 g/mol. The molecule has 4 heteroatoms. The van der Waals surface area contributed by atoms with Crippen LogP contribution in [0.1, 0.15) is 17.5 Å². The van der Waals surface area contributed by atoms with Crippen molar-refractivity contribution in [1.29, 1.82) is 0 Å². The molecule has 1 N–H and O–H groups in total. The van der Waals surface area contributed by atoms with Gasteiger partial charge < -0.3 is 5.32 Å². The van der Waals surface area contributed by atoms with Crippen molar-refractivity contribution in [2.24, 2.45) is 0 Å². The van der Waals surface area contributed by atoms with Gasteiger partial charge in [-0.3, -0.25) is 4.90 Å². The van der Waals surface area contributed by atoms with Gasteiger partial charge in [0.15, 0.2) is 0 Å². The molecular weight excluding hydrogens is 282 g/mol. The minimum Gasteiger partial charge on any atom is -0.380 e. The first-order valence-corrected chi connectivity index (χ1v) is 7.73. The minimum absolute atomic E-state index is 0.482. The van der Waals surface area contributed by atoms with E-state index in [9.17, 15) is 0 Å². The normalized spacial score (nSPS) is 18.9. The second kappa shape index (κ2) is 6.46. The van der Waals surface area contributed by atoms with Crippen molar-refractivity contribution in [2.45, 2.75) is 25.9 Å². The lowest BCUT2D eigenvalue weighted by molar-refractivity contribution is 0.328. The maximum atomic E-state index is 5.96. The number of pyridine rings is 1. The van der Waals surface area contributed by atoms with E-state index in [0.717, 1.165) is 37.3 Å². The summed E-state index contributed by atoms with van der Waals surface area (Å²) in [5.41, 5.74) is 3.45. The van der Waals surface area contributed by atoms with Gasteiger partial charge in [-0.25, -0.2) is 4.98 Å². The molecule has 1 aromatic heterocycles. The van der Waals surface area contributed by atoms with Crippen molar-refractivity contribution in [2.75, 3.05) is 18.4 Å². The summed E-state index contributed by atoms with van der Waals surface area (Å²) in [6, 6.07) is 13.2. The number of halogens is 1. The third kappa shape index (κ3) is 3.74. The zero-order chi connectivity index (χ0) is 14.7. The van der Waals surface area contributed by atoms with E-state index in [-0.39, 0.29) is 0 Å². The lowest BCUT2D eigenvalue weighted by atomic mass is 10.2. The highest BCUT2D eigenvalue weighted by atomic mass is 35.5. The van der Waals surface area contributed by atoms with E-state index in [1.165, 1.54) is 5.56 Å². The molecule has 0 bridgehead atoms. The molecule has 1 fully saturated rings. The van der Waals surface area contributed by atoms with Crippen LogP contribution in [0.4, 0.5) is 5.69 Å². The van der Waals surface area contributed by atoms with E-state index in [0.29, 0.717) is 11.2 Å². The lowest BCUT2D eigenvalue weighted by Gasteiger charge is -2.17. The quantitative estimate of drug-likeness (QED) is 0.872. The smallest absolute Gasteiger partial charge is 0.132 e. The summed E-state index contributed by atoms with van der Waals surface area (Å²) in [6.07, 6.45) is 2.98. The zero-order valence-corrected chi connectivity index (χ0v) is 13.0. The van der Waals surface area contributed by atoms with E-state index in [4.69, 9.17) is 11.6 Å². The predicted octanol–water partition coefficient (Wildman–Crippen LogP) is 3.73. The molecule has 0 saturated carbocycles. The van der Waals surface area contributed by atoms with Crippen LogP contribution in [0.3, 0.4) is 0 Å². The molecule has 0 spiro atoms. The van der Waals surface area contributed by atoms with Gasteiger partial charge >= 0.3 is 0 Å². The fourth-order valence-electron chi connectivity index (χ4n) is 2.81. The van der Waals surface area contributed by atoms with Crippen LogP contribution in [0.25, 0.3) is 0 Å². The molecule has 0 radical (unpaired) electrons. The summed E-state index contributed by atoms with van der Waals surface area (Å²) in [5, 5.41) is 4.14. The molecule has 0 amide bonds. The van der Waals surface area contributed by atoms with Crippen LogP contribution in [-0.4, -0.2) is 29.0 Å². The van der Waals surface area contributed by atoms with Crippen molar-refractivity contribution in [3.05, 3.63) is 58.9 Å². The van der Waals surface area contributed by atoms with Crippen LogP contribution in [0, 0.1) is 6.92 Å². The van der Waals surface area contributed by atoms with E-state index in [1.54, 1.807) is 0 Å². The van der Waals surface area contributed by atoms with Crippen LogP contribution in [0.15, 0.2) is 42.6 Å². The molecule has 2 aromatic rings. The van der Waals surface area contributed by atoms with Gasteiger partial charge in [0.2, 0.25) is 0 Å². The number of hydrogen-bond donors (Lipinski definition) is 1. The van der Waals surface area contributed by atoms with Gasteiger partial charge in [0, 0.05) is 25.7 Å². The highest BCUT2D eigenvalue weighted by Gasteiger charge is 2.22. The molecule has 1 saturated heterocycles. The van der Waals surface area contributed by atoms with Crippen LogP contribution >= 0.6 is 11.6 Å². The number of nitrogens with one attached hydrogen (secondary N) is 1. The lowest BCUT2D eigenvalue weighted by Crippen LogP contribution is -2.26. The summed E-state index contributed by atoms with van der Waals surface area (Å²) < 4.78 is 0. The Morgan fingerprint density at radius 1 is 1.33 bits per heavy atom. The molecule has 110 valence electrons. The number of likely N-dealkylation sites (tertiary alicyclic amines) is 1. The maximum Gasteiger partial charge on any atom is 0.132 e. The Kier molecular flexibility index (Phi) is 4.42. The molecule has 1 aliphatic rings. The van der Waals surface area contributed by atoms with Gasteiger partial charge in [0.05, 0.1) is 11.9 Å². The van der Waals surface area contributed by atoms with Crippen LogP contribution in [0.2, 0.25) is 5.15 Å². The Hall–Kier alpha value is -1.58. The molecule has 1 unspecified atom stereocenters. The van der Waals surface area contributed by atoms with Gasteiger partial charge in [-0.2, -0.15) is 0 Å². The summed E-state index contributed by atoms with van der Waals surface area (Å²) in [6.45, 7) is 5.21. The van der Waals surface area contributed by atoms with Crippen molar-refractivity contribution in [3.8, 4) is 0 Å². The minimum atomic E-state index is 0.482. The fraction of sp³-hybridized carbons (Fsp3) is 0.353. The molecule has 2 heterocycles. The van der Waals surface area contributed by atoms with Crippen LogP contribution in [0.5, 0.6) is 0 Å². The second-order valence-electron chi connectivity index (χ2n) is 5.68. The van der Waals surface area contributed by atoms with E-state index < -0.39 is 0 Å². The largest absolute Gasteiger partial charge is 0.380 e. The number of nitrogens with zero attached hydrogens (tertiary/aromatic N) is 2. The van der Waals surface area contributed by atoms with Crippen molar-refractivity contribution in [1.82, 2.24) is 9.88 Å². The first kappa shape index (κ1) is 14.4. The number of rotatable bonds is 4. The standard InChI is InChI=1S/C17H20ClN3/c1-13-9-16(10-19-17(13)18)20-15-7-8-21(12-15)11-14-5-3-2-4-6-14/h2-6,9-10,15,20H,7-8,11-12H2,1H3. The van der Waals surface area contributed by atoms with Gasteiger partial charge in [0.25, 0.3) is 0 Å².